The molecule has 0 aromatic rings. The molecule has 1 heteroatoms. The van der Waals surface area contributed by atoms with Crippen LogP contribution in [0.15, 0.2) is 11.1 Å². The molecule has 74 valence electrons. The van der Waals surface area contributed by atoms with Crippen molar-refractivity contribution in [2.24, 2.45) is 0 Å². The summed E-state index contributed by atoms with van der Waals surface area (Å²) in [6.07, 6.45) is 9.91. The van der Waals surface area contributed by atoms with Crippen LogP contribution in [0.3, 0.4) is 0 Å². The van der Waals surface area contributed by atoms with Gasteiger partial charge in [-0.2, -0.15) is 0 Å². The first-order valence-electron chi connectivity index (χ1n) is 5.74. The van der Waals surface area contributed by atoms with E-state index in [0.717, 1.165) is 0 Å². The van der Waals surface area contributed by atoms with Crippen LogP contribution in [0.25, 0.3) is 0 Å². The second-order valence-corrected chi connectivity index (χ2v) is 4.57. The van der Waals surface area contributed by atoms with E-state index in [1.54, 1.807) is 0 Å². The van der Waals surface area contributed by atoms with Crippen LogP contribution in [-0.4, -0.2) is 25.0 Å². The lowest BCUT2D eigenvalue weighted by Crippen LogP contribution is -2.27. The van der Waals surface area contributed by atoms with Crippen molar-refractivity contribution in [2.75, 3.05) is 20.1 Å². The Kier molecular flexibility index (Phi) is 3.05. The molecule has 0 aromatic heterocycles. The standard InChI is InChI=1S/C12H21N/c1-13-9-7-12(8-10-13)11-5-3-2-4-6-11/h2-10H2,1H3. The first kappa shape index (κ1) is 9.26. The van der Waals surface area contributed by atoms with Gasteiger partial charge >= 0.3 is 0 Å². The van der Waals surface area contributed by atoms with E-state index < -0.39 is 0 Å². The van der Waals surface area contributed by atoms with Gasteiger partial charge in [0.2, 0.25) is 0 Å². The molecule has 0 unspecified atom stereocenters. The van der Waals surface area contributed by atoms with Crippen molar-refractivity contribution in [1.82, 2.24) is 4.90 Å². The van der Waals surface area contributed by atoms with Crippen LogP contribution in [0.4, 0.5) is 0 Å². The van der Waals surface area contributed by atoms with Crippen molar-refractivity contribution in [3.8, 4) is 0 Å². The third-order valence-electron chi connectivity index (χ3n) is 3.55. The first-order chi connectivity index (χ1) is 6.36. The number of piperidine rings is 1. The lowest BCUT2D eigenvalue weighted by Gasteiger charge is -2.28. The number of nitrogens with zero attached hydrogens (tertiary/aromatic N) is 1. The maximum absolute atomic E-state index is 2.45. The highest BCUT2D eigenvalue weighted by Crippen LogP contribution is 2.30. The van der Waals surface area contributed by atoms with Gasteiger partial charge in [-0.15, -0.1) is 0 Å². The van der Waals surface area contributed by atoms with Crippen LogP contribution in [0, 0.1) is 0 Å². The molecule has 0 atom stereocenters. The van der Waals surface area contributed by atoms with E-state index in [-0.39, 0.29) is 0 Å². The molecule has 1 aliphatic carbocycles. The predicted octanol–water partition coefficient (Wildman–Crippen LogP) is 2.97. The molecule has 0 N–H and O–H groups in total. The van der Waals surface area contributed by atoms with Gasteiger partial charge in [0.05, 0.1) is 0 Å². The van der Waals surface area contributed by atoms with Gasteiger partial charge in [0.1, 0.15) is 0 Å². The molecule has 1 aliphatic heterocycles. The summed E-state index contributed by atoms with van der Waals surface area (Å²) in [5.74, 6) is 0. The molecule has 13 heavy (non-hydrogen) atoms. The zero-order valence-corrected chi connectivity index (χ0v) is 8.81. The van der Waals surface area contributed by atoms with E-state index in [0.29, 0.717) is 0 Å². The minimum atomic E-state index is 1.29. The van der Waals surface area contributed by atoms with Crippen LogP contribution in [0.1, 0.15) is 44.9 Å². The van der Waals surface area contributed by atoms with E-state index in [1.165, 1.54) is 58.0 Å². The van der Waals surface area contributed by atoms with Gasteiger partial charge in [-0.05, 0) is 45.6 Å². The number of rotatable bonds is 0. The molecule has 1 saturated heterocycles. The highest BCUT2D eigenvalue weighted by molar-refractivity contribution is 5.17. The molecule has 1 heterocycles. The molecular weight excluding hydrogens is 158 g/mol. The summed E-state index contributed by atoms with van der Waals surface area (Å²) in [4.78, 5) is 2.45. The Morgan fingerprint density at radius 2 is 1.31 bits per heavy atom. The van der Waals surface area contributed by atoms with Gasteiger partial charge in [-0.25, -0.2) is 0 Å². The maximum atomic E-state index is 2.45. The van der Waals surface area contributed by atoms with Gasteiger partial charge in [-0.1, -0.05) is 17.6 Å². The summed E-state index contributed by atoms with van der Waals surface area (Å²) in [5.41, 5.74) is 3.65. The van der Waals surface area contributed by atoms with Crippen LogP contribution in [0.5, 0.6) is 0 Å². The van der Waals surface area contributed by atoms with Crippen molar-refractivity contribution >= 4 is 0 Å². The Morgan fingerprint density at radius 1 is 0.769 bits per heavy atom. The van der Waals surface area contributed by atoms with Crippen molar-refractivity contribution in [3.05, 3.63) is 11.1 Å². The van der Waals surface area contributed by atoms with Crippen molar-refractivity contribution < 1.29 is 0 Å². The number of hydrogen-bond donors (Lipinski definition) is 0. The van der Waals surface area contributed by atoms with E-state index in [9.17, 15) is 0 Å². The van der Waals surface area contributed by atoms with Crippen LogP contribution in [0.2, 0.25) is 0 Å². The number of hydrogen-bond acceptors (Lipinski definition) is 1. The van der Waals surface area contributed by atoms with E-state index in [1.807, 2.05) is 11.1 Å². The maximum Gasteiger partial charge on any atom is 0.00158 e. The minimum absolute atomic E-state index is 1.29. The van der Waals surface area contributed by atoms with E-state index >= 15 is 0 Å². The van der Waals surface area contributed by atoms with Crippen LogP contribution >= 0.6 is 0 Å². The third kappa shape index (κ3) is 2.34. The lowest BCUT2D eigenvalue weighted by atomic mass is 9.87. The highest BCUT2D eigenvalue weighted by Gasteiger charge is 2.15. The third-order valence-corrected chi connectivity index (χ3v) is 3.55. The smallest absolute Gasteiger partial charge is 0.00158 e. The molecule has 2 aliphatic rings. The van der Waals surface area contributed by atoms with E-state index in [2.05, 4.69) is 11.9 Å². The minimum Gasteiger partial charge on any atom is -0.306 e. The Morgan fingerprint density at radius 3 is 1.92 bits per heavy atom. The average Bonchev–Trinajstić information content (AvgIpc) is 2.20. The summed E-state index contributed by atoms with van der Waals surface area (Å²) in [6.45, 7) is 2.58. The fourth-order valence-electron chi connectivity index (χ4n) is 2.57. The molecule has 1 saturated carbocycles. The molecule has 0 amide bonds. The van der Waals surface area contributed by atoms with Crippen LogP contribution < -0.4 is 0 Å². The lowest BCUT2D eigenvalue weighted by molar-refractivity contribution is 0.309. The fourth-order valence-corrected chi connectivity index (χ4v) is 2.57. The SMILES string of the molecule is CN1CCC(=C2CCCCC2)CC1. The van der Waals surface area contributed by atoms with Crippen LogP contribution in [-0.2, 0) is 0 Å². The largest absolute Gasteiger partial charge is 0.306 e. The van der Waals surface area contributed by atoms with Crippen molar-refractivity contribution in [3.63, 3.8) is 0 Å². The molecule has 0 spiro atoms. The van der Waals surface area contributed by atoms with Gasteiger partial charge in [0.25, 0.3) is 0 Å². The van der Waals surface area contributed by atoms with Gasteiger partial charge in [0, 0.05) is 13.1 Å². The zero-order chi connectivity index (χ0) is 9.10. The predicted molar refractivity (Wildman–Crippen MR) is 56.8 cm³/mol. The Hall–Kier alpha value is -0.300. The summed E-state index contributed by atoms with van der Waals surface area (Å²) in [5, 5.41) is 0. The van der Waals surface area contributed by atoms with Gasteiger partial charge < -0.3 is 4.90 Å². The normalized spacial score (nSPS) is 26.5. The van der Waals surface area contributed by atoms with Crippen molar-refractivity contribution in [2.45, 2.75) is 44.9 Å². The molecular formula is C12H21N. The molecule has 0 bridgehead atoms. The Bertz CT molecular complexity index is 187. The summed E-state index contributed by atoms with van der Waals surface area (Å²) in [6, 6.07) is 0. The van der Waals surface area contributed by atoms with E-state index in [4.69, 9.17) is 0 Å². The zero-order valence-electron chi connectivity index (χ0n) is 8.81. The Labute approximate surface area is 81.8 Å². The average molecular weight is 179 g/mol. The molecule has 2 fully saturated rings. The summed E-state index contributed by atoms with van der Waals surface area (Å²) >= 11 is 0. The fraction of sp³-hybridized carbons (Fsp3) is 0.833. The first-order valence-corrected chi connectivity index (χ1v) is 5.74. The quantitative estimate of drug-likeness (QED) is 0.517. The Balaban J connectivity index is 1.97. The molecule has 0 aromatic carbocycles. The monoisotopic (exact) mass is 179 g/mol. The second kappa shape index (κ2) is 4.28. The molecule has 1 nitrogen and oxygen atoms in total. The number of allylic oxidation sites excluding steroid dienone is 1. The molecule has 0 radical (unpaired) electrons. The van der Waals surface area contributed by atoms with Crippen molar-refractivity contribution in [1.29, 1.82) is 0 Å². The number of likely N-dealkylation sites (tertiary alicyclic amines) is 1. The van der Waals surface area contributed by atoms with Gasteiger partial charge in [0.15, 0.2) is 0 Å². The summed E-state index contributed by atoms with van der Waals surface area (Å²) in [7, 11) is 2.24. The second-order valence-electron chi connectivity index (χ2n) is 4.57. The highest BCUT2D eigenvalue weighted by atomic mass is 15.1. The summed E-state index contributed by atoms with van der Waals surface area (Å²) < 4.78 is 0. The topological polar surface area (TPSA) is 3.24 Å². The molecule has 2 rings (SSSR count). The van der Waals surface area contributed by atoms with Gasteiger partial charge in [-0.3, -0.25) is 0 Å².